The lowest BCUT2D eigenvalue weighted by Gasteiger charge is -2.06. The standard InChI is InChI=1S/C12H14N6O2/c19-12(20)9-2-1-3-10(14-9)13-6-11-15-16-17-18(11)7-8-4-5-8/h1-3,8H,4-7H2,(H,13,14)(H,19,20). The molecule has 0 aliphatic heterocycles. The molecule has 0 bridgehead atoms. The van der Waals surface area contributed by atoms with Gasteiger partial charge in [0.25, 0.3) is 0 Å². The van der Waals surface area contributed by atoms with Crippen LogP contribution in [0.2, 0.25) is 0 Å². The Balaban J connectivity index is 1.65. The van der Waals surface area contributed by atoms with Gasteiger partial charge in [-0.05, 0) is 41.3 Å². The number of aromatic nitrogens is 5. The summed E-state index contributed by atoms with van der Waals surface area (Å²) in [7, 11) is 0. The summed E-state index contributed by atoms with van der Waals surface area (Å²) in [6, 6.07) is 4.80. The maximum atomic E-state index is 10.8. The van der Waals surface area contributed by atoms with E-state index in [0.717, 1.165) is 12.4 Å². The zero-order valence-corrected chi connectivity index (χ0v) is 10.7. The number of anilines is 1. The number of hydrogen-bond donors (Lipinski definition) is 2. The molecule has 0 amide bonds. The minimum Gasteiger partial charge on any atom is -0.477 e. The van der Waals surface area contributed by atoms with Crippen molar-refractivity contribution in [3.05, 3.63) is 29.7 Å². The maximum absolute atomic E-state index is 10.8. The fourth-order valence-corrected chi connectivity index (χ4v) is 1.86. The van der Waals surface area contributed by atoms with E-state index >= 15 is 0 Å². The first-order valence-electron chi connectivity index (χ1n) is 6.41. The van der Waals surface area contributed by atoms with Gasteiger partial charge >= 0.3 is 5.97 Å². The molecule has 0 unspecified atom stereocenters. The third-order valence-corrected chi connectivity index (χ3v) is 3.13. The van der Waals surface area contributed by atoms with Gasteiger partial charge < -0.3 is 10.4 Å². The Morgan fingerprint density at radius 1 is 1.45 bits per heavy atom. The Morgan fingerprint density at radius 2 is 2.30 bits per heavy atom. The van der Waals surface area contributed by atoms with E-state index in [9.17, 15) is 4.79 Å². The van der Waals surface area contributed by atoms with Crippen LogP contribution in [0.5, 0.6) is 0 Å². The fourth-order valence-electron chi connectivity index (χ4n) is 1.86. The van der Waals surface area contributed by atoms with Crippen LogP contribution in [0.1, 0.15) is 29.2 Å². The van der Waals surface area contributed by atoms with Crippen LogP contribution in [-0.2, 0) is 13.1 Å². The number of tetrazole rings is 1. The summed E-state index contributed by atoms with van der Waals surface area (Å²) < 4.78 is 1.78. The molecular formula is C12H14N6O2. The molecule has 8 heteroatoms. The molecule has 0 saturated heterocycles. The molecule has 1 fully saturated rings. The Kier molecular flexibility index (Phi) is 3.28. The second kappa shape index (κ2) is 5.24. The topological polar surface area (TPSA) is 106 Å². The highest BCUT2D eigenvalue weighted by atomic mass is 16.4. The number of pyridine rings is 1. The zero-order valence-electron chi connectivity index (χ0n) is 10.7. The molecule has 2 N–H and O–H groups in total. The molecule has 1 saturated carbocycles. The monoisotopic (exact) mass is 274 g/mol. The van der Waals surface area contributed by atoms with Crippen LogP contribution in [-0.4, -0.2) is 36.3 Å². The number of nitrogens with one attached hydrogen (secondary N) is 1. The van der Waals surface area contributed by atoms with Crippen molar-refractivity contribution in [3.63, 3.8) is 0 Å². The molecule has 0 atom stereocenters. The predicted molar refractivity (Wildman–Crippen MR) is 69.1 cm³/mol. The molecule has 8 nitrogen and oxygen atoms in total. The molecule has 2 heterocycles. The lowest BCUT2D eigenvalue weighted by atomic mass is 10.3. The average molecular weight is 274 g/mol. The summed E-state index contributed by atoms with van der Waals surface area (Å²) in [5.74, 6) is 0.850. The predicted octanol–water partition coefficient (Wildman–Crippen LogP) is 0.788. The number of carboxylic acids is 1. The smallest absolute Gasteiger partial charge is 0.354 e. The largest absolute Gasteiger partial charge is 0.477 e. The SMILES string of the molecule is O=C(O)c1cccc(NCc2nnnn2CC2CC2)n1. The lowest BCUT2D eigenvalue weighted by Crippen LogP contribution is -2.12. The van der Waals surface area contributed by atoms with Crippen molar-refractivity contribution < 1.29 is 9.90 Å². The molecule has 0 spiro atoms. The van der Waals surface area contributed by atoms with Crippen LogP contribution in [0.3, 0.4) is 0 Å². The first kappa shape index (κ1) is 12.5. The number of carbonyl (C=O) groups is 1. The third-order valence-electron chi connectivity index (χ3n) is 3.13. The molecule has 2 aromatic heterocycles. The van der Waals surface area contributed by atoms with Crippen molar-refractivity contribution in [1.82, 2.24) is 25.2 Å². The molecule has 1 aliphatic carbocycles. The van der Waals surface area contributed by atoms with Gasteiger partial charge in [0.05, 0.1) is 6.54 Å². The highest BCUT2D eigenvalue weighted by Gasteiger charge is 2.23. The Labute approximate surface area is 114 Å². The zero-order chi connectivity index (χ0) is 13.9. The van der Waals surface area contributed by atoms with Crippen molar-refractivity contribution in [2.24, 2.45) is 5.92 Å². The number of rotatable bonds is 6. The number of nitrogens with zero attached hydrogens (tertiary/aromatic N) is 5. The van der Waals surface area contributed by atoms with Gasteiger partial charge in [0, 0.05) is 6.54 Å². The van der Waals surface area contributed by atoms with Gasteiger partial charge in [0.15, 0.2) is 11.5 Å². The van der Waals surface area contributed by atoms with Crippen LogP contribution in [0.25, 0.3) is 0 Å². The molecule has 1 aliphatic rings. The van der Waals surface area contributed by atoms with Crippen LogP contribution < -0.4 is 5.32 Å². The van der Waals surface area contributed by atoms with Gasteiger partial charge in [-0.2, -0.15) is 0 Å². The van der Waals surface area contributed by atoms with E-state index in [-0.39, 0.29) is 5.69 Å². The molecule has 2 aromatic rings. The maximum Gasteiger partial charge on any atom is 0.354 e. The van der Waals surface area contributed by atoms with Gasteiger partial charge in [-0.25, -0.2) is 14.5 Å². The highest BCUT2D eigenvalue weighted by Crippen LogP contribution is 2.30. The Hall–Kier alpha value is -2.51. The van der Waals surface area contributed by atoms with Gasteiger partial charge in [0.1, 0.15) is 5.82 Å². The first-order valence-corrected chi connectivity index (χ1v) is 6.41. The number of aromatic carboxylic acids is 1. The van der Waals surface area contributed by atoms with Crippen molar-refractivity contribution in [2.45, 2.75) is 25.9 Å². The molecule has 20 heavy (non-hydrogen) atoms. The molecule has 0 radical (unpaired) electrons. The Morgan fingerprint density at radius 3 is 3.05 bits per heavy atom. The van der Waals surface area contributed by atoms with E-state index in [1.807, 2.05) is 0 Å². The summed E-state index contributed by atoms with van der Waals surface area (Å²) in [6.07, 6.45) is 2.46. The number of hydrogen-bond acceptors (Lipinski definition) is 6. The summed E-state index contributed by atoms with van der Waals surface area (Å²) in [6.45, 7) is 1.25. The highest BCUT2D eigenvalue weighted by molar-refractivity contribution is 5.85. The van der Waals surface area contributed by atoms with E-state index in [4.69, 9.17) is 5.11 Å². The second-order valence-electron chi connectivity index (χ2n) is 4.79. The van der Waals surface area contributed by atoms with Gasteiger partial charge in [-0.3, -0.25) is 0 Å². The van der Waals surface area contributed by atoms with Gasteiger partial charge in [0.2, 0.25) is 0 Å². The molecule has 104 valence electrons. The summed E-state index contributed by atoms with van der Waals surface area (Å²) >= 11 is 0. The van der Waals surface area contributed by atoms with E-state index in [0.29, 0.717) is 18.3 Å². The molecule has 0 aromatic carbocycles. The minimum absolute atomic E-state index is 0.00701. The van der Waals surface area contributed by atoms with Crippen LogP contribution in [0.4, 0.5) is 5.82 Å². The van der Waals surface area contributed by atoms with Crippen molar-refractivity contribution in [2.75, 3.05) is 5.32 Å². The van der Waals surface area contributed by atoms with Crippen LogP contribution in [0, 0.1) is 5.92 Å². The Bertz CT molecular complexity index is 622. The van der Waals surface area contributed by atoms with Crippen LogP contribution >= 0.6 is 0 Å². The first-order chi connectivity index (χ1) is 9.72. The van der Waals surface area contributed by atoms with Crippen LogP contribution in [0.15, 0.2) is 18.2 Å². The summed E-state index contributed by atoms with van der Waals surface area (Å²) in [5, 5.41) is 23.5. The quantitative estimate of drug-likeness (QED) is 0.802. The van der Waals surface area contributed by atoms with Crippen molar-refractivity contribution in [1.29, 1.82) is 0 Å². The molecular weight excluding hydrogens is 260 g/mol. The summed E-state index contributed by atoms with van der Waals surface area (Å²) in [5.41, 5.74) is 0.00701. The average Bonchev–Trinajstić information content (AvgIpc) is 3.15. The van der Waals surface area contributed by atoms with Crippen molar-refractivity contribution >= 4 is 11.8 Å². The number of carboxylic acid groups (broad SMARTS) is 1. The lowest BCUT2D eigenvalue weighted by molar-refractivity contribution is 0.0690. The third kappa shape index (κ3) is 2.90. The second-order valence-corrected chi connectivity index (χ2v) is 4.79. The van der Waals surface area contributed by atoms with E-state index in [1.165, 1.54) is 18.9 Å². The normalized spacial score (nSPS) is 14.2. The van der Waals surface area contributed by atoms with E-state index < -0.39 is 5.97 Å². The van der Waals surface area contributed by atoms with Crippen molar-refractivity contribution in [3.8, 4) is 0 Å². The van der Waals surface area contributed by atoms with Gasteiger partial charge in [-0.1, -0.05) is 6.07 Å². The fraction of sp³-hybridized carbons (Fsp3) is 0.417. The summed E-state index contributed by atoms with van der Waals surface area (Å²) in [4.78, 5) is 14.8. The van der Waals surface area contributed by atoms with Gasteiger partial charge in [-0.15, -0.1) is 5.10 Å². The van der Waals surface area contributed by atoms with E-state index in [2.05, 4.69) is 25.8 Å². The van der Waals surface area contributed by atoms with E-state index in [1.54, 1.807) is 16.8 Å². The molecule has 3 rings (SSSR count). The minimum atomic E-state index is -1.05.